The first-order valence-electron chi connectivity index (χ1n) is 6.93. The van der Waals surface area contributed by atoms with Crippen LogP contribution in [0.15, 0.2) is 17.5 Å². The Morgan fingerprint density at radius 1 is 1.43 bits per heavy atom. The fourth-order valence-corrected chi connectivity index (χ4v) is 3.47. The first-order valence-corrected chi connectivity index (χ1v) is 8.19. The van der Waals surface area contributed by atoms with E-state index in [0.717, 1.165) is 29.2 Å². The Morgan fingerprint density at radius 2 is 2.29 bits per heavy atom. The van der Waals surface area contributed by atoms with Gasteiger partial charge in [0.05, 0.1) is 11.1 Å². The normalized spacial score (nSPS) is 14.4. The summed E-state index contributed by atoms with van der Waals surface area (Å²) in [5.74, 6) is 1.33. The van der Waals surface area contributed by atoms with Gasteiger partial charge in [0.2, 0.25) is 6.79 Å². The number of rotatable bonds is 5. The van der Waals surface area contributed by atoms with Gasteiger partial charge in [0.1, 0.15) is 5.01 Å². The Bertz CT molecular complexity index is 645. The van der Waals surface area contributed by atoms with Crippen LogP contribution in [0.1, 0.15) is 35.7 Å². The number of hydrogen-bond donors (Lipinski definition) is 1. The van der Waals surface area contributed by atoms with Crippen LogP contribution in [0.25, 0.3) is 0 Å². The maximum absolute atomic E-state index is 6.30. The third kappa shape index (κ3) is 3.00. The summed E-state index contributed by atoms with van der Waals surface area (Å²) in [5.41, 5.74) is 2.08. The third-order valence-corrected chi connectivity index (χ3v) is 4.57. The van der Waals surface area contributed by atoms with Crippen LogP contribution >= 0.6 is 22.9 Å². The van der Waals surface area contributed by atoms with Crippen molar-refractivity contribution in [2.24, 2.45) is 0 Å². The predicted molar refractivity (Wildman–Crippen MR) is 84.6 cm³/mol. The fourth-order valence-electron chi connectivity index (χ4n) is 2.30. The highest BCUT2D eigenvalue weighted by atomic mass is 35.5. The smallest absolute Gasteiger partial charge is 0.231 e. The molecule has 0 aliphatic carbocycles. The van der Waals surface area contributed by atoms with Crippen molar-refractivity contribution in [2.45, 2.75) is 26.3 Å². The summed E-state index contributed by atoms with van der Waals surface area (Å²) < 4.78 is 10.8. The van der Waals surface area contributed by atoms with E-state index in [2.05, 4.69) is 22.6 Å². The first kappa shape index (κ1) is 14.6. The summed E-state index contributed by atoms with van der Waals surface area (Å²) >= 11 is 7.95. The van der Waals surface area contributed by atoms with E-state index >= 15 is 0 Å². The van der Waals surface area contributed by atoms with E-state index in [4.69, 9.17) is 21.1 Å². The molecule has 0 bridgehead atoms. The van der Waals surface area contributed by atoms with Gasteiger partial charge in [-0.3, -0.25) is 0 Å². The number of aromatic nitrogens is 1. The van der Waals surface area contributed by atoms with Crippen LogP contribution in [-0.4, -0.2) is 18.3 Å². The summed E-state index contributed by atoms with van der Waals surface area (Å²) in [6.07, 6.45) is 1.05. The molecule has 1 atom stereocenters. The van der Waals surface area contributed by atoms with Gasteiger partial charge < -0.3 is 14.8 Å². The zero-order chi connectivity index (χ0) is 14.8. The molecule has 3 rings (SSSR count). The molecule has 1 aliphatic rings. The number of hydrogen-bond acceptors (Lipinski definition) is 5. The number of fused-ring (bicyclic) bond motifs is 1. The quantitative estimate of drug-likeness (QED) is 0.905. The van der Waals surface area contributed by atoms with Crippen LogP contribution in [-0.2, 0) is 0 Å². The van der Waals surface area contributed by atoms with Crippen LogP contribution in [0.4, 0.5) is 0 Å². The van der Waals surface area contributed by atoms with Gasteiger partial charge in [-0.25, -0.2) is 4.98 Å². The highest BCUT2D eigenvalue weighted by Gasteiger charge is 2.23. The molecule has 2 heterocycles. The van der Waals surface area contributed by atoms with E-state index in [1.165, 1.54) is 0 Å². The molecule has 0 radical (unpaired) electrons. The molecule has 112 valence electrons. The van der Waals surface area contributed by atoms with Gasteiger partial charge in [-0.05, 0) is 37.6 Å². The van der Waals surface area contributed by atoms with E-state index in [1.54, 1.807) is 11.3 Å². The standard InChI is InChI=1S/C15H17ClN2O2S/c1-3-4-17-13(15-18-9(2)7-21-15)10-5-11(16)14-12(6-10)19-8-20-14/h5-7,13,17H,3-4,8H2,1-2H3. The Balaban J connectivity index is 1.98. The lowest BCUT2D eigenvalue weighted by Crippen LogP contribution is -2.23. The lowest BCUT2D eigenvalue weighted by Gasteiger charge is -2.17. The van der Waals surface area contributed by atoms with Gasteiger partial charge in [-0.1, -0.05) is 18.5 Å². The molecule has 0 amide bonds. The van der Waals surface area contributed by atoms with Crippen molar-refractivity contribution in [3.05, 3.63) is 38.8 Å². The molecule has 21 heavy (non-hydrogen) atoms. The molecule has 6 heteroatoms. The SMILES string of the molecule is CCCNC(c1cc(Cl)c2c(c1)OCO2)c1nc(C)cs1. The number of thiazole rings is 1. The Labute approximate surface area is 133 Å². The molecule has 0 fully saturated rings. The van der Waals surface area contributed by atoms with E-state index in [9.17, 15) is 0 Å². The monoisotopic (exact) mass is 324 g/mol. The summed E-state index contributed by atoms with van der Waals surface area (Å²) in [7, 11) is 0. The average molecular weight is 325 g/mol. The fraction of sp³-hybridized carbons (Fsp3) is 0.400. The maximum atomic E-state index is 6.30. The van der Waals surface area contributed by atoms with E-state index < -0.39 is 0 Å². The molecule has 1 aromatic heterocycles. The molecule has 4 nitrogen and oxygen atoms in total. The molecular weight excluding hydrogens is 308 g/mol. The van der Waals surface area contributed by atoms with Crippen LogP contribution in [0.2, 0.25) is 5.02 Å². The molecule has 1 aromatic carbocycles. The van der Waals surface area contributed by atoms with Crippen molar-refractivity contribution >= 4 is 22.9 Å². The maximum Gasteiger partial charge on any atom is 0.231 e. The summed E-state index contributed by atoms with van der Waals surface area (Å²) in [6.45, 7) is 5.28. The van der Waals surface area contributed by atoms with E-state index in [0.29, 0.717) is 16.5 Å². The summed E-state index contributed by atoms with van der Waals surface area (Å²) in [5, 5.41) is 7.20. The number of halogens is 1. The van der Waals surface area contributed by atoms with Gasteiger partial charge in [0.25, 0.3) is 0 Å². The largest absolute Gasteiger partial charge is 0.454 e. The van der Waals surface area contributed by atoms with Crippen molar-refractivity contribution in [3.8, 4) is 11.5 Å². The number of nitrogens with zero attached hydrogens (tertiary/aromatic N) is 1. The second-order valence-corrected chi connectivity index (χ2v) is 6.25. The van der Waals surface area contributed by atoms with E-state index in [-0.39, 0.29) is 12.8 Å². The average Bonchev–Trinajstić information content (AvgIpc) is 3.08. The second kappa shape index (κ2) is 6.22. The van der Waals surface area contributed by atoms with Gasteiger partial charge in [-0.15, -0.1) is 11.3 Å². The molecule has 0 saturated carbocycles. The lowest BCUT2D eigenvalue weighted by molar-refractivity contribution is 0.174. The van der Waals surface area contributed by atoms with Gasteiger partial charge in [0, 0.05) is 11.1 Å². The van der Waals surface area contributed by atoms with Gasteiger partial charge in [0.15, 0.2) is 11.5 Å². The first-order chi connectivity index (χ1) is 10.2. The van der Waals surface area contributed by atoms with Crippen molar-refractivity contribution in [1.82, 2.24) is 10.3 Å². The predicted octanol–water partition coefficient (Wildman–Crippen LogP) is 3.92. The molecule has 2 aromatic rings. The minimum atomic E-state index is 0.0237. The highest BCUT2D eigenvalue weighted by molar-refractivity contribution is 7.09. The highest BCUT2D eigenvalue weighted by Crippen LogP contribution is 2.42. The van der Waals surface area contributed by atoms with Crippen LogP contribution < -0.4 is 14.8 Å². The van der Waals surface area contributed by atoms with Crippen molar-refractivity contribution in [3.63, 3.8) is 0 Å². The van der Waals surface area contributed by atoms with Crippen LogP contribution in [0.3, 0.4) is 0 Å². The minimum Gasteiger partial charge on any atom is -0.454 e. The minimum absolute atomic E-state index is 0.0237. The van der Waals surface area contributed by atoms with Crippen LogP contribution in [0.5, 0.6) is 11.5 Å². The van der Waals surface area contributed by atoms with E-state index in [1.807, 2.05) is 19.1 Å². The zero-order valence-electron chi connectivity index (χ0n) is 12.0. The number of aryl methyl sites for hydroxylation is 1. The summed E-state index contributed by atoms with van der Waals surface area (Å²) in [4.78, 5) is 4.60. The molecule has 1 unspecified atom stereocenters. The molecule has 0 spiro atoms. The van der Waals surface area contributed by atoms with Crippen molar-refractivity contribution in [1.29, 1.82) is 0 Å². The number of nitrogens with one attached hydrogen (secondary N) is 1. The van der Waals surface area contributed by atoms with Crippen LogP contribution in [0, 0.1) is 6.92 Å². The summed E-state index contributed by atoms with van der Waals surface area (Å²) in [6, 6.07) is 3.94. The molecule has 0 saturated heterocycles. The topological polar surface area (TPSA) is 43.4 Å². The Kier molecular flexibility index (Phi) is 4.33. The van der Waals surface area contributed by atoms with Crippen molar-refractivity contribution < 1.29 is 9.47 Å². The zero-order valence-corrected chi connectivity index (χ0v) is 13.6. The molecular formula is C15H17ClN2O2S. The molecule has 1 aliphatic heterocycles. The third-order valence-electron chi connectivity index (χ3n) is 3.27. The van der Waals surface area contributed by atoms with Crippen molar-refractivity contribution in [2.75, 3.05) is 13.3 Å². The number of benzene rings is 1. The van der Waals surface area contributed by atoms with Gasteiger partial charge >= 0.3 is 0 Å². The Hall–Kier alpha value is -1.30. The Morgan fingerprint density at radius 3 is 3.00 bits per heavy atom. The van der Waals surface area contributed by atoms with Gasteiger partial charge in [-0.2, -0.15) is 0 Å². The lowest BCUT2D eigenvalue weighted by atomic mass is 10.1. The number of ether oxygens (including phenoxy) is 2. The molecule has 1 N–H and O–H groups in total. The second-order valence-electron chi connectivity index (χ2n) is 4.95.